The summed E-state index contributed by atoms with van der Waals surface area (Å²) in [6.07, 6.45) is 2.48. The second-order valence-corrected chi connectivity index (χ2v) is 10.9. The van der Waals surface area contributed by atoms with Gasteiger partial charge in [0.1, 0.15) is 4.90 Å². The predicted octanol–water partition coefficient (Wildman–Crippen LogP) is 2.24. The van der Waals surface area contributed by atoms with Crippen molar-refractivity contribution in [3.8, 4) is 0 Å². The minimum Gasteiger partial charge on any atom is -0.465 e. The number of ether oxygens (including phenoxy) is 2. The molecule has 1 saturated heterocycles. The fourth-order valence-corrected chi connectivity index (χ4v) is 6.29. The number of carbonyl (C=O) groups is 2. The van der Waals surface area contributed by atoms with Crippen molar-refractivity contribution >= 4 is 37.7 Å². The Bertz CT molecular complexity index is 1270. The monoisotopic (exact) mass is 496 g/mol. The lowest BCUT2D eigenvalue weighted by molar-refractivity contribution is 0.0583. The van der Waals surface area contributed by atoms with E-state index in [9.17, 15) is 26.4 Å². The molecule has 0 amide bonds. The van der Waals surface area contributed by atoms with Crippen molar-refractivity contribution in [2.75, 3.05) is 32.0 Å². The maximum atomic E-state index is 13.1. The van der Waals surface area contributed by atoms with Crippen LogP contribution in [0.15, 0.2) is 52.3 Å². The van der Waals surface area contributed by atoms with Crippen molar-refractivity contribution < 1.29 is 35.9 Å². The predicted molar refractivity (Wildman–Crippen MR) is 119 cm³/mol. The van der Waals surface area contributed by atoms with Crippen LogP contribution in [0.2, 0.25) is 0 Å². The van der Waals surface area contributed by atoms with Gasteiger partial charge >= 0.3 is 11.9 Å². The topological polar surface area (TPSA) is 136 Å². The first-order valence-electron chi connectivity index (χ1n) is 10.0. The Morgan fingerprint density at radius 1 is 0.879 bits per heavy atom. The van der Waals surface area contributed by atoms with Gasteiger partial charge in [-0.2, -0.15) is 4.31 Å². The zero-order chi connectivity index (χ0) is 24.2. The number of hydrogen-bond acceptors (Lipinski definition) is 8. The summed E-state index contributed by atoms with van der Waals surface area (Å²) in [6, 6.07) is 8.78. The quantitative estimate of drug-likeness (QED) is 0.577. The normalized spacial score (nSPS) is 15.0. The third-order valence-electron chi connectivity index (χ3n) is 5.14. The zero-order valence-electron chi connectivity index (χ0n) is 18.1. The van der Waals surface area contributed by atoms with Gasteiger partial charge in [-0.15, -0.1) is 0 Å². The van der Waals surface area contributed by atoms with Gasteiger partial charge in [-0.3, -0.25) is 4.72 Å². The Morgan fingerprint density at radius 3 is 2.18 bits per heavy atom. The standard InChI is InChI=1S/C21H24N2O8S2/c1-30-20(24)15-9-10-18(21(25)31-2)19(13-15)32(26,27)22-16-7-6-8-17(14-16)33(28,29)23-11-4-3-5-12-23/h6-10,13-14,22H,3-5,11-12H2,1-2H3. The molecule has 2 aromatic carbocycles. The third kappa shape index (κ3) is 5.34. The molecule has 1 fully saturated rings. The van der Waals surface area contributed by atoms with Gasteiger partial charge in [0.05, 0.1) is 35.9 Å². The molecular weight excluding hydrogens is 472 g/mol. The van der Waals surface area contributed by atoms with Gasteiger partial charge in [-0.1, -0.05) is 12.5 Å². The fourth-order valence-electron chi connectivity index (χ4n) is 3.45. The highest BCUT2D eigenvalue weighted by Gasteiger charge is 2.28. The van der Waals surface area contributed by atoms with Crippen LogP contribution in [0.25, 0.3) is 0 Å². The maximum absolute atomic E-state index is 13.1. The molecule has 0 bridgehead atoms. The summed E-state index contributed by atoms with van der Waals surface area (Å²) in [5, 5.41) is 0. The Hall–Kier alpha value is -2.96. The average molecular weight is 497 g/mol. The van der Waals surface area contributed by atoms with Crippen LogP contribution in [0.4, 0.5) is 5.69 Å². The van der Waals surface area contributed by atoms with Crippen LogP contribution >= 0.6 is 0 Å². The lowest BCUT2D eigenvalue weighted by atomic mass is 10.1. The first kappa shape index (κ1) is 24.7. The molecule has 0 radical (unpaired) electrons. The molecule has 178 valence electrons. The van der Waals surface area contributed by atoms with E-state index in [-0.39, 0.29) is 21.7 Å². The highest BCUT2D eigenvalue weighted by Crippen LogP contribution is 2.26. The lowest BCUT2D eigenvalue weighted by Gasteiger charge is -2.26. The van der Waals surface area contributed by atoms with Crippen LogP contribution < -0.4 is 4.72 Å². The highest BCUT2D eigenvalue weighted by atomic mass is 32.2. The molecule has 0 spiro atoms. The highest BCUT2D eigenvalue weighted by molar-refractivity contribution is 7.92. The number of anilines is 1. The van der Waals surface area contributed by atoms with E-state index in [1.165, 1.54) is 34.6 Å². The molecular formula is C21H24N2O8S2. The Kier molecular flexibility index (Phi) is 7.40. The van der Waals surface area contributed by atoms with Crippen LogP contribution in [0.5, 0.6) is 0 Å². The third-order valence-corrected chi connectivity index (χ3v) is 8.45. The van der Waals surface area contributed by atoms with Crippen molar-refractivity contribution in [3.63, 3.8) is 0 Å². The number of sulfonamides is 2. The van der Waals surface area contributed by atoms with E-state index in [4.69, 9.17) is 0 Å². The Labute approximate surface area is 192 Å². The number of rotatable bonds is 7. The van der Waals surface area contributed by atoms with E-state index in [1.807, 2.05) is 0 Å². The molecule has 0 aromatic heterocycles. The molecule has 0 atom stereocenters. The average Bonchev–Trinajstić information content (AvgIpc) is 2.83. The number of hydrogen-bond donors (Lipinski definition) is 1. The molecule has 0 saturated carbocycles. The summed E-state index contributed by atoms with van der Waals surface area (Å²) in [6.45, 7) is 0.808. The summed E-state index contributed by atoms with van der Waals surface area (Å²) in [4.78, 5) is 23.4. The summed E-state index contributed by atoms with van der Waals surface area (Å²) in [5.74, 6) is -1.72. The number of nitrogens with one attached hydrogen (secondary N) is 1. The number of methoxy groups -OCH3 is 2. The van der Waals surface area contributed by atoms with Gasteiger partial charge in [0.15, 0.2) is 0 Å². The smallest absolute Gasteiger partial charge is 0.339 e. The molecule has 1 N–H and O–H groups in total. The van der Waals surface area contributed by atoms with E-state index in [1.54, 1.807) is 0 Å². The van der Waals surface area contributed by atoms with Crippen LogP contribution in [0.3, 0.4) is 0 Å². The number of piperidine rings is 1. The van der Waals surface area contributed by atoms with Gasteiger partial charge < -0.3 is 9.47 Å². The van der Waals surface area contributed by atoms with E-state index >= 15 is 0 Å². The molecule has 1 aliphatic rings. The van der Waals surface area contributed by atoms with Crippen LogP contribution in [0, 0.1) is 0 Å². The largest absolute Gasteiger partial charge is 0.465 e. The van der Waals surface area contributed by atoms with Crippen LogP contribution in [0.1, 0.15) is 40.0 Å². The number of carbonyl (C=O) groups excluding carboxylic acids is 2. The van der Waals surface area contributed by atoms with Crippen molar-refractivity contribution in [2.24, 2.45) is 0 Å². The van der Waals surface area contributed by atoms with Crippen LogP contribution in [-0.4, -0.2) is 60.4 Å². The van der Waals surface area contributed by atoms with Gasteiger partial charge in [0.2, 0.25) is 10.0 Å². The molecule has 0 unspecified atom stereocenters. The Morgan fingerprint density at radius 2 is 1.55 bits per heavy atom. The van der Waals surface area contributed by atoms with E-state index in [0.717, 1.165) is 45.6 Å². The van der Waals surface area contributed by atoms with Gasteiger partial charge in [0, 0.05) is 13.1 Å². The van der Waals surface area contributed by atoms with Crippen molar-refractivity contribution in [2.45, 2.75) is 29.1 Å². The summed E-state index contributed by atoms with van der Waals surface area (Å²) in [5.41, 5.74) is -0.408. The zero-order valence-corrected chi connectivity index (χ0v) is 19.7. The summed E-state index contributed by atoms with van der Waals surface area (Å²) >= 11 is 0. The molecule has 3 rings (SSSR count). The second-order valence-electron chi connectivity index (χ2n) is 7.29. The summed E-state index contributed by atoms with van der Waals surface area (Å²) < 4.78 is 65.1. The van der Waals surface area contributed by atoms with Gasteiger partial charge in [-0.05, 0) is 49.2 Å². The molecule has 10 nitrogen and oxygen atoms in total. The minimum atomic E-state index is -4.42. The Balaban J connectivity index is 1.99. The molecule has 1 aliphatic heterocycles. The van der Waals surface area contributed by atoms with E-state index < -0.39 is 36.9 Å². The first-order valence-corrected chi connectivity index (χ1v) is 13.0. The van der Waals surface area contributed by atoms with Gasteiger partial charge in [0.25, 0.3) is 10.0 Å². The second kappa shape index (κ2) is 9.89. The van der Waals surface area contributed by atoms with E-state index in [0.29, 0.717) is 13.1 Å². The van der Waals surface area contributed by atoms with Crippen molar-refractivity contribution in [1.82, 2.24) is 4.31 Å². The van der Waals surface area contributed by atoms with Crippen molar-refractivity contribution in [3.05, 3.63) is 53.6 Å². The molecule has 2 aromatic rings. The molecule has 0 aliphatic carbocycles. The SMILES string of the molecule is COC(=O)c1ccc(C(=O)OC)c(S(=O)(=O)Nc2cccc(S(=O)(=O)N3CCCCC3)c2)c1. The van der Waals surface area contributed by atoms with E-state index in [2.05, 4.69) is 14.2 Å². The minimum absolute atomic E-state index is 0.0210. The fraction of sp³-hybridized carbons (Fsp3) is 0.333. The maximum Gasteiger partial charge on any atom is 0.339 e. The molecule has 12 heteroatoms. The molecule has 1 heterocycles. The number of nitrogens with zero attached hydrogens (tertiary/aromatic N) is 1. The first-order chi connectivity index (χ1) is 15.6. The lowest BCUT2D eigenvalue weighted by Crippen LogP contribution is -2.35. The van der Waals surface area contributed by atoms with Gasteiger partial charge in [-0.25, -0.2) is 26.4 Å². The molecule has 33 heavy (non-hydrogen) atoms. The number of esters is 2. The number of benzene rings is 2. The summed E-state index contributed by atoms with van der Waals surface area (Å²) in [7, 11) is -5.98. The van der Waals surface area contributed by atoms with Crippen LogP contribution in [-0.2, 0) is 29.5 Å². The van der Waals surface area contributed by atoms with Crippen molar-refractivity contribution in [1.29, 1.82) is 0 Å².